The van der Waals surface area contributed by atoms with Gasteiger partial charge in [-0.1, -0.05) is 54.4 Å². The third-order valence-electron chi connectivity index (χ3n) is 6.36. The van der Waals surface area contributed by atoms with E-state index < -0.39 is 47.9 Å². The zero-order valence-corrected chi connectivity index (χ0v) is 28.8. The third kappa shape index (κ3) is 11.9. The van der Waals surface area contributed by atoms with Gasteiger partial charge in [-0.25, -0.2) is 9.59 Å². The van der Waals surface area contributed by atoms with E-state index in [0.717, 1.165) is 12.1 Å². The van der Waals surface area contributed by atoms with Crippen molar-refractivity contribution < 1.29 is 65.1 Å². The zero-order chi connectivity index (χ0) is 37.1. The number of aromatic carboxylic acids is 2. The van der Waals surface area contributed by atoms with Crippen LogP contribution in [0.15, 0.2) is 76.5 Å². The van der Waals surface area contributed by atoms with Gasteiger partial charge in [-0.3, -0.25) is 13.9 Å². The molecule has 4 rings (SSSR count). The second-order valence-electron chi connectivity index (χ2n) is 9.64. The van der Waals surface area contributed by atoms with Gasteiger partial charge in [0.25, 0.3) is 20.2 Å². The number of benzene rings is 4. The van der Waals surface area contributed by atoms with Crippen LogP contribution >= 0.6 is 23.2 Å². The van der Waals surface area contributed by atoms with Crippen molar-refractivity contribution in [3.05, 3.63) is 93.5 Å². The summed E-state index contributed by atoms with van der Waals surface area (Å²) in [7, 11) is -7.58. The normalized spacial score (nSPS) is 11.0. The summed E-state index contributed by atoms with van der Waals surface area (Å²) in [5, 5.41) is 27.4. The molecule has 5 N–H and O–H groups in total. The fourth-order valence-electron chi connectivity index (χ4n) is 4.23. The van der Waals surface area contributed by atoms with Crippen LogP contribution < -0.4 is 9.47 Å². The average molecular weight is 762 g/mol. The number of methoxy groups -OCH3 is 1. The predicted octanol–water partition coefficient (Wildman–Crippen LogP) is 6.22. The van der Waals surface area contributed by atoms with E-state index in [1.54, 1.807) is 25.1 Å². The number of carbonyl (C=O) groups is 3. The SMILES string of the molecule is CCc1c(C(=O)O)cc(OC)cc1C(=O)O.O=C(O)CCCOc1ccc(Cl)cc1Cl.O=S(=O)(O)c1cccc2c(S(=O)(=O)O)cccc12. The Morgan fingerprint density at radius 3 is 1.61 bits per heavy atom. The number of ether oxygens (including phenoxy) is 2. The van der Waals surface area contributed by atoms with Crippen LogP contribution in [0, 0.1) is 0 Å². The molecule has 0 aliphatic heterocycles. The van der Waals surface area contributed by atoms with Crippen LogP contribution in [-0.4, -0.2) is 72.9 Å². The Bertz CT molecular complexity index is 1960. The van der Waals surface area contributed by atoms with Crippen molar-refractivity contribution in [2.75, 3.05) is 13.7 Å². The zero-order valence-electron chi connectivity index (χ0n) is 25.7. The number of rotatable bonds is 11. The molecule has 264 valence electrons. The fraction of sp³-hybridized carbons (Fsp3) is 0.194. The molecule has 0 atom stereocenters. The van der Waals surface area contributed by atoms with Gasteiger partial charge in [0.2, 0.25) is 0 Å². The Morgan fingerprint density at radius 1 is 0.755 bits per heavy atom. The lowest BCUT2D eigenvalue weighted by Gasteiger charge is -2.10. The molecule has 18 heteroatoms. The average Bonchev–Trinajstić information content (AvgIpc) is 3.02. The molecule has 0 aliphatic carbocycles. The monoisotopic (exact) mass is 760 g/mol. The first-order chi connectivity index (χ1) is 22.8. The van der Waals surface area contributed by atoms with Crippen molar-refractivity contribution in [2.24, 2.45) is 0 Å². The van der Waals surface area contributed by atoms with E-state index in [4.69, 9.17) is 57.1 Å². The summed E-state index contributed by atoms with van der Waals surface area (Å²) in [6.45, 7) is 2.04. The summed E-state index contributed by atoms with van der Waals surface area (Å²) in [5.41, 5.74) is 0.249. The molecule has 0 bridgehead atoms. The Kier molecular flexibility index (Phi) is 14.8. The minimum atomic E-state index is -4.47. The van der Waals surface area contributed by atoms with Gasteiger partial charge in [-0.2, -0.15) is 16.8 Å². The molecule has 4 aromatic carbocycles. The lowest BCUT2D eigenvalue weighted by molar-refractivity contribution is -0.137. The van der Waals surface area contributed by atoms with Crippen molar-refractivity contribution in [1.29, 1.82) is 0 Å². The van der Waals surface area contributed by atoms with Gasteiger partial charge in [0, 0.05) is 22.2 Å². The Labute approximate surface area is 290 Å². The molecular formula is C31H30Cl2O14S2. The number of halogens is 2. The summed E-state index contributed by atoms with van der Waals surface area (Å²) in [6, 6.07) is 15.1. The molecule has 0 aromatic heterocycles. The summed E-state index contributed by atoms with van der Waals surface area (Å²) in [5.74, 6) is -2.39. The third-order valence-corrected chi connectivity index (χ3v) is 8.71. The molecule has 0 unspecified atom stereocenters. The molecule has 4 aromatic rings. The number of fused-ring (bicyclic) bond motifs is 1. The number of hydrogen-bond acceptors (Lipinski definition) is 9. The summed E-state index contributed by atoms with van der Waals surface area (Å²) >= 11 is 11.5. The number of aliphatic carboxylic acids is 1. The Balaban J connectivity index is 0.000000256. The van der Waals surface area contributed by atoms with E-state index in [1.165, 1.54) is 43.5 Å². The van der Waals surface area contributed by atoms with Crippen LogP contribution in [0.25, 0.3) is 10.8 Å². The van der Waals surface area contributed by atoms with Crippen LogP contribution in [0.4, 0.5) is 0 Å². The van der Waals surface area contributed by atoms with Crippen LogP contribution in [0.1, 0.15) is 46.0 Å². The van der Waals surface area contributed by atoms with Gasteiger partial charge in [-0.15, -0.1) is 0 Å². The first-order valence-electron chi connectivity index (χ1n) is 13.8. The fourth-order valence-corrected chi connectivity index (χ4v) is 6.10. The maximum Gasteiger partial charge on any atom is 0.336 e. The maximum atomic E-state index is 11.2. The van der Waals surface area contributed by atoms with Gasteiger partial charge < -0.3 is 24.8 Å². The molecule has 0 heterocycles. The molecular weight excluding hydrogens is 731 g/mol. The first-order valence-corrected chi connectivity index (χ1v) is 17.4. The topological polar surface area (TPSA) is 239 Å². The Hall–Kier alpha value is -4.45. The van der Waals surface area contributed by atoms with E-state index in [2.05, 4.69) is 0 Å². The minimum Gasteiger partial charge on any atom is -0.497 e. The summed E-state index contributed by atoms with van der Waals surface area (Å²) in [6.07, 6.45) is 0.882. The van der Waals surface area contributed by atoms with E-state index in [9.17, 15) is 31.2 Å². The van der Waals surface area contributed by atoms with Crippen LogP contribution in [-0.2, 0) is 31.5 Å². The molecule has 0 amide bonds. The number of carboxylic acids is 3. The highest BCUT2D eigenvalue weighted by atomic mass is 35.5. The van der Waals surface area contributed by atoms with Crippen molar-refractivity contribution in [3.8, 4) is 11.5 Å². The predicted molar refractivity (Wildman–Crippen MR) is 179 cm³/mol. The second kappa shape index (κ2) is 17.8. The van der Waals surface area contributed by atoms with Crippen molar-refractivity contribution in [1.82, 2.24) is 0 Å². The molecule has 49 heavy (non-hydrogen) atoms. The quantitative estimate of drug-likeness (QED) is 0.0842. The lowest BCUT2D eigenvalue weighted by Crippen LogP contribution is -2.10. The van der Waals surface area contributed by atoms with Crippen LogP contribution in [0.3, 0.4) is 0 Å². The van der Waals surface area contributed by atoms with Gasteiger partial charge in [0.15, 0.2) is 0 Å². The van der Waals surface area contributed by atoms with Gasteiger partial charge >= 0.3 is 17.9 Å². The minimum absolute atomic E-state index is 0.0233. The van der Waals surface area contributed by atoms with Gasteiger partial charge in [0.05, 0.1) is 29.9 Å². The second-order valence-corrected chi connectivity index (χ2v) is 13.3. The Morgan fingerprint density at radius 2 is 1.24 bits per heavy atom. The molecule has 14 nitrogen and oxygen atoms in total. The molecule has 0 aliphatic rings. The molecule has 0 saturated heterocycles. The summed E-state index contributed by atoms with van der Waals surface area (Å²) < 4.78 is 72.8. The number of carboxylic acid groups (broad SMARTS) is 3. The smallest absolute Gasteiger partial charge is 0.336 e. The molecule has 0 radical (unpaired) electrons. The largest absolute Gasteiger partial charge is 0.497 e. The molecule has 0 fully saturated rings. The number of hydrogen-bond donors (Lipinski definition) is 5. The van der Waals surface area contributed by atoms with E-state index in [1.807, 2.05) is 0 Å². The standard InChI is InChI=1S/C11H12O5.C10H10Cl2O3.C10H8O6S2/c1-3-7-8(10(12)13)4-6(16-2)5-9(7)11(14)15;11-7-3-4-9(8(12)6-7)15-5-1-2-10(13)14;11-17(12,13)9-5-1-3-7-8(9)4-2-6-10(7)18(14,15)16/h4-5H,3H2,1-2H3,(H,12,13)(H,14,15);3-4,6H,1-2,5H2,(H,13,14);1-6H,(H,11,12,13)(H,14,15,16). The maximum absolute atomic E-state index is 11.2. The highest BCUT2D eigenvalue weighted by Crippen LogP contribution is 2.29. The van der Waals surface area contributed by atoms with Gasteiger partial charge in [-0.05, 0) is 60.9 Å². The van der Waals surface area contributed by atoms with E-state index >= 15 is 0 Å². The highest BCUT2D eigenvalue weighted by molar-refractivity contribution is 7.86. The van der Waals surface area contributed by atoms with Gasteiger partial charge in [0.1, 0.15) is 21.3 Å². The van der Waals surface area contributed by atoms with Crippen molar-refractivity contribution in [3.63, 3.8) is 0 Å². The van der Waals surface area contributed by atoms with E-state index in [-0.39, 0.29) is 34.1 Å². The van der Waals surface area contributed by atoms with Crippen LogP contribution in [0.2, 0.25) is 10.0 Å². The lowest BCUT2D eigenvalue weighted by atomic mass is 9.98. The molecule has 0 saturated carbocycles. The highest BCUT2D eigenvalue weighted by Gasteiger charge is 2.20. The van der Waals surface area contributed by atoms with Crippen molar-refractivity contribution in [2.45, 2.75) is 36.0 Å². The first kappa shape index (κ1) is 40.7. The van der Waals surface area contributed by atoms with Crippen LogP contribution in [0.5, 0.6) is 11.5 Å². The van der Waals surface area contributed by atoms with E-state index in [0.29, 0.717) is 40.8 Å². The summed E-state index contributed by atoms with van der Waals surface area (Å²) in [4.78, 5) is 31.4. The molecule has 0 spiro atoms. The van der Waals surface area contributed by atoms with Crippen molar-refractivity contribution >= 4 is 72.1 Å².